The molecule has 0 aromatic heterocycles. The van der Waals surface area contributed by atoms with Gasteiger partial charge in [0.1, 0.15) is 0 Å². The SMILES string of the molecule is CCN(CC)S(=O)(=O)c1ccc(CCC(=O)NCC(C)CN)cc1.Cl. The predicted octanol–water partition coefficient (Wildman–Crippen LogP) is 1.78. The summed E-state index contributed by atoms with van der Waals surface area (Å²) in [4.78, 5) is 12.1. The molecule has 1 unspecified atom stereocenters. The Balaban J connectivity index is 0.00000576. The summed E-state index contributed by atoms with van der Waals surface area (Å²) in [6.07, 6.45) is 0.952. The van der Waals surface area contributed by atoms with Crippen molar-refractivity contribution in [2.75, 3.05) is 26.2 Å². The van der Waals surface area contributed by atoms with Crippen molar-refractivity contribution in [2.24, 2.45) is 11.7 Å². The number of benzene rings is 1. The Bertz CT molecular complexity index is 617. The van der Waals surface area contributed by atoms with Crippen LogP contribution >= 0.6 is 12.4 Å². The molecule has 0 saturated carbocycles. The first-order chi connectivity index (χ1) is 11.3. The summed E-state index contributed by atoms with van der Waals surface area (Å²) in [7, 11) is -3.43. The minimum absolute atomic E-state index is 0. The van der Waals surface area contributed by atoms with E-state index in [-0.39, 0.29) is 29.1 Å². The molecule has 1 atom stereocenters. The molecule has 1 rings (SSSR count). The van der Waals surface area contributed by atoms with Crippen LogP contribution in [0.15, 0.2) is 29.2 Å². The van der Waals surface area contributed by atoms with Crippen molar-refractivity contribution >= 4 is 28.3 Å². The Morgan fingerprint density at radius 1 is 1.20 bits per heavy atom. The molecule has 0 spiro atoms. The third-order valence-corrected chi connectivity index (χ3v) is 6.02. The van der Waals surface area contributed by atoms with Gasteiger partial charge in [-0.05, 0) is 36.6 Å². The molecule has 0 radical (unpaired) electrons. The van der Waals surface area contributed by atoms with Crippen molar-refractivity contribution in [3.8, 4) is 0 Å². The van der Waals surface area contributed by atoms with E-state index in [4.69, 9.17) is 5.73 Å². The quantitative estimate of drug-likeness (QED) is 0.635. The monoisotopic (exact) mass is 391 g/mol. The molecule has 1 aromatic rings. The van der Waals surface area contributed by atoms with Crippen LogP contribution in [0.25, 0.3) is 0 Å². The van der Waals surface area contributed by atoms with E-state index in [0.29, 0.717) is 39.0 Å². The van der Waals surface area contributed by atoms with Crippen molar-refractivity contribution in [1.29, 1.82) is 0 Å². The normalized spacial score (nSPS) is 12.5. The van der Waals surface area contributed by atoms with Gasteiger partial charge in [-0.15, -0.1) is 12.4 Å². The fourth-order valence-corrected chi connectivity index (χ4v) is 3.72. The Morgan fingerprint density at radius 2 is 1.76 bits per heavy atom. The van der Waals surface area contributed by atoms with Crippen LogP contribution in [-0.2, 0) is 21.2 Å². The van der Waals surface area contributed by atoms with Gasteiger partial charge >= 0.3 is 0 Å². The largest absolute Gasteiger partial charge is 0.356 e. The number of carbonyl (C=O) groups excluding carboxylic acids is 1. The van der Waals surface area contributed by atoms with E-state index < -0.39 is 10.0 Å². The van der Waals surface area contributed by atoms with Crippen molar-refractivity contribution in [3.63, 3.8) is 0 Å². The first-order valence-corrected chi connectivity index (χ1v) is 9.85. The van der Waals surface area contributed by atoms with E-state index in [1.54, 1.807) is 24.3 Å². The second-order valence-electron chi connectivity index (χ2n) is 5.88. The molecule has 0 fully saturated rings. The van der Waals surface area contributed by atoms with Crippen LogP contribution in [0.5, 0.6) is 0 Å². The Labute approximate surface area is 157 Å². The molecule has 1 aromatic carbocycles. The number of nitrogens with zero attached hydrogens (tertiary/aromatic N) is 1. The fourth-order valence-electron chi connectivity index (χ4n) is 2.26. The lowest BCUT2D eigenvalue weighted by atomic mass is 10.1. The summed E-state index contributed by atoms with van der Waals surface area (Å²) < 4.78 is 26.2. The first-order valence-electron chi connectivity index (χ1n) is 8.40. The lowest BCUT2D eigenvalue weighted by Gasteiger charge is -2.18. The van der Waals surface area contributed by atoms with Crippen LogP contribution in [0.3, 0.4) is 0 Å². The van der Waals surface area contributed by atoms with Gasteiger partial charge in [0.2, 0.25) is 15.9 Å². The van der Waals surface area contributed by atoms with Gasteiger partial charge in [0.15, 0.2) is 0 Å². The smallest absolute Gasteiger partial charge is 0.243 e. The van der Waals surface area contributed by atoms with Gasteiger partial charge in [-0.2, -0.15) is 4.31 Å². The highest BCUT2D eigenvalue weighted by Crippen LogP contribution is 2.16. The van der Waals surface area contributed by atoms with E-state index in [1.807, 2.05) is 20.8 Å². The third kappa shape index (κ3) is 7.32. The molecule has 0 heterocycles. The molecule has 0 aliphatic heterocycles. The number of amides is 1. The van der Waals surface area contributed by atoms with Crippen molar-refractivity contribution in [3.05, 3.63) is 29.8 Å². The zero-order chi connectivity index (χ0) is 18.2. The van der Waals surface area contributed by atoms with Crippen LogP contribution in [0, 0.1) is 5.92 Å². The molecule has 25 heavy (non-hydrogen) atoms. The van der Waals surface area contributed by atoms with Crippen LogP contribution in [0.4, 0.5) is 0 Å². The molecule has 0 saturated heterocycles. The van der Waals surface area contributed by atoms with E-state index in [0.717, 1.165) is 5.56 Å². The minimum atomic E-state index is -3.43. The molecule has 0 aliphatic carbocycles. The lowest BCUT2D eigenvalue weighted by molar-refractivity contribution is -0.121. The molecule has 8 heteroatoms. The number of nitrogens with two attached hydrogens (primary N) is 1. The molecule has 3 N–H and O–H groups in total. The summed E-state index contributed by atoms with van der Waals surface area (Å²) >= 11 is 0. The summed E-state index contributed by atoms with van der Waals surface area (Å²) in [5.41, 5.74) is 6.45. The second kappa shape index (κ2) is 11.5. The van der Waals surface area contributed by atoms with Crippen molar-refractivity contribution in [1.82, 2.24) is 9.62 Å². The van der Waals surface area contributed by atoms with Crippen molar-refractivity contribution in [2.45, 2.75) is 38.5 Å². The molecular formula is C17H30ClN3O3S. The number of rotatable bonds is 10. The lowest BCUT2D eigenvalue weighted by Crippen LogP contribution is -2.31. The molecule has 0 bridgehead atoms. The van der Waals surface area contributed by atoms with Gasteiger partial charge < -0.3 is 11.1 Å². The number of sulfonamides is 1. The highest BCUT2D eigenvalue weighted by molar-refractivity contribution is 7.89. The van der Waals surface area contributed by atoms with Gasteiger partial charge in [-0.25, -0.2) is 8.42 Å². The summed E-state index contributed by atoms with van der Waals surface area (Å²) in [6, 6.07) is 6.76. The topological polar surface area (TPSA) is 92.5 Å². The fraction of sp³-hybridized carbons (Fsp3) is 0.588. The van der Waals surface area contributed by atoms with Gasteiger partial charge in [0, 0.05) is 26.1 Å². The predicted molar refractivity (Wildman–Crippen MR) is 103 cm³/mol. The van der Waals surface area contributed by atoms with Gasteiger partial charge in [-0.1, -0.05) is 32.9 Å². The standard InChI is InChI=1S/C17H29N3O3S.ClH/c1-4-20(5-2)24(22,23)16-9-6-15(7-10-16)8-11-17(21)19-13-14(3)12-18;/h6-7,9-10,14H,4-5,8,11-13,18H2,1-3H3,(H,19,21);1H. The van der Waals surface area contributed by atoms with E-state index in [1.165, 1.54) is 4.31 Å². The third-order valence-electron chi connectivity index (χ3n) is 3.96. The maximum Gasteiger partial charge on any atom is 0.243 e. The second-order valence-corrected chi connectivity index (χ2v) is 7.82. The molecule has 144 valence electrons. The van der Waals surface area contributed by atoms with Gasteiger partial charge in [-0.3, -0.25) is 4.79 Å². The first kappa shape index (κ1) is 23.9. The highest BCUT2D eigenvalue weighted by Gasteiger charge is 2.21. The summed E-state index contributed by atoms with van der Waals surface area (Å²) in [5, 5.41) is 2.85. The summed E-state index contributed by atoms with van der Waals surface area (Å²) in [5.74, 6) is 0.244. The average Bonchev–Trinajstić information content (AvgIpc) is 2.58. The number of carbonyl (C=O) groups is 1. The van der Waals surface area contributed by atoms with Crippen LogP contribution in [0.1, 0.15) is 32.8 Å². The molecular weight excluding hydrogens is 362 g/mol. The van der Waals surface area contributed by atoms with E-state index in [9.17, 15) is 13.2 Å². The molecule has 6 nitrogen and oxygen atoms in total. The maximum atomic E-state index is 12.4. The number of halogens is 1. The number of nitrogens with one attached hydrogen (secondary N) is 1. The minimum Gasteiger partial charge on any atom is -0.356 e. The Hall–Kier alpha value is -1.15. The molecule has 0 aliphatic rings. The van der Waals surface area contributed by atoms with E-state index in [2.05, 4.69) is 5.32 Å². The molecule has 1 amide bonds. The van der Waals surface area contributed by atoms with Crippen LogP contribution in [-0.4, -0.2) is 44.8 Å². The summed E-state index contributed by atoms with van der Waals surface area (Å²) in [6.45, 7) is 7.64. The maximum absolute atomic E-state index is 12.4. The van der Waals surface area contributed by atoms with Crippen LogP contribution < -0.4 is 11.1 Å². The Kier molecular flexibility index (Phi) is 10.9. The number of aryl methyl sites for hydroxylation is 1. The zero-order valence-corrected chi connectivity index (χ0v) is 16.8. The highest BCUT2D eigenvalue weighted by atomic mass is 35.5. The van der Waals surface area contributed by atoms with E-state index >= 15 is 0 Å². The van der Waals surface area contributed by atoms with Gasteiger partial charge in [0.05, 0.1) is 4.90 Å². The number of hydrogen-bond donors (Lipinski definition) is 2. The average molecular weight is 392 g/mol. The van der Waals surface area contributed by atoms with Crippen LogP contribution in [0.2, 0.25) is 0 Å². The van der Waals surface area contributed by atoms with Gasteiger partial charge in [0.25, 0.3) is 0 Å². The Morgan fingerprint density at radius 3 is 2.24 bits per heavy atom. The van der Waals surface area contributed by atoms with Crippen molar-refractivity contribution < 1.29 is 13.2 Å². The number of hydrogen-bond acceptors (Lipinski definition) is 4. The zero-order valence-electron chi connectivity index (χ0n) is 15.2.